The van der Waals surface area contributed by atoms with E-state index in [0.717, 1.165) is 0 Å². The third-order valence-corrected chi connectivity index (χ3v) is 10.3. The van der Waals surface area contributed by atoms with Gasteiger partial charge in [0.15, 0.2) is 57.2 Å². The largest absolute Gasteiger partial charge is 0.504 e. The number of benzene rings is 4. The van der Waals surface area contributed by atoms with Crippen molar-refractivity contribution in [2.75, 3.05) is 41.7 Å². The van der Waals surface area contributed by atoms with Crippen LogP contribution in [-0.4, -0.2) is 95.4 Å². The molecule has 2 saturated heterocycles. The zero-order chi connectivity index (χ0) is 38.9. The highest BCUT2D eigenvalue weighted by atomic mass is 16.6. The number of aliphatic hydroxyl groups is 2. The SMILES string of the molecule is COc1cc(CC2COC(=O)C2(O)Cc2cc(OC)c(O)c(-c3cc(CC4COC(=O)C4(O)Cc4ccc(O)c(OC)c4)cc(OC)c3O)c2)ccc1O. The fourth-order valence-corrected chi connectivity index (χ4v) is 7.24. The Morgan fingerprint density at radius 2 is 0.944 bits per heavy atom. The second-order valence-electron chi connectivity index (χ2n) is 13.6. The van der Waals surface area contributed by atoms with Gasteiger partial charge in [0, 0.05) is 35.8 Å². The molecule has 2 aliphatic rings. The minimum atomic E-state index is -1.99. The molecule has 0 spiro atoms. The molecular formula is C40H42O14. The van der Waals surface area contributed by atoms with Crippen LogP contribution in [-0.2, 0) is 44.7 Å². The van der Waals surface area contributed by atoms with Gasteiger partial charge in [-0.2, -0.15) is 0 Å². The third kappa shape index (κ3) is 6.97. The van der Waals surface area contributed by atoms with Crippen LogP contribution in [0.3, 0.4) is 0 Å². The van der Waals surface area contributed by atoms with Crippen molar-refractivity contribution in [3.8, 4) is 57.1 Å². The van der Waals surface area contributed by atoms with Crippen LogP contribution in [0.1, 0.15) is 22.3 Å². The highest BCUT2D eigenvalue weighted by molar-refractivity contribution is 5.85. The van der Waals surface area contributed by atoms with E-state index in [-0.39, 0.29) is 96.0 Å². The molecule has 54 heavy (non-hydrogen) atoms. The first kappa shape index (κ1) is 37.9. The predicted octanol–water partition coefficient (Wildman–Crippen LogP) is 3.59. The van der Waals surface area contributed by atoms with E-state index >= 15 is 0 Å². The van der Waals surface area contributed by atoms with Crippen molar-refractivity contribution >= 4 is 11.9 Å². The molecule has 0 bridgehead atoms. The number of cyclic esters (lactones) is 2. The van der Waals surface area contributed by atoms with Gasteiger partial charge < -0.3 is 59.1 Å². The predicted molar refractivity (Wildman–Crippen MR) is 191 cm³/mol. The number of carbonyl (C=O) groups is 2. The Balaban J connectivity index is 1.33. The summed E-state index contributed by atoms with van der Waals surface area (Å²) in [6.45, 7) is -0.176. The Hall–Kier alpha value is -5.86. The Kier molecular flexibility index (Phi) is 10.4. The van der Waals surface area contributed by atoms with Crippen molar-refractivity contribution in [3.63, 3.8) is 0 Å². The Morgan fingerprint density at radius 3 is 1.44 bits per heavy atom. The fraction of sp³-hybridized carbons (Fsp3) is 0.350. The van der Waals surface area contributed by atoms with Gasteiger partial charge in [-0.1, -0.05) is 12.1 Å². The summed E-state index contributed by atoms with van der Waals surface area (Å²) >= 11 is 0. The summed E-state index contributed by atoms with van der Waals surface area (Å²) in [5.74, 6) is -3.49. The van der Waals surface area contributed by atoms with Gasteiger partial charge in [-0.3, -0.25) is 0 Å². The monoisotopic (exact) mass is 746 g/mol. The zero-order valence-corrected chi connectivity index (χ0v) is 30.1. The van der Waals surface area contributed by atoms with Gasteiger partial charge in [0.2, 0.25) is 0 Å². The zero-order valence-electron chi connectivity index (χ0n) is 30.1. The van der Waals surface area contributed by atoms with Gasteiger partial charge in [0.05, 0.1) is 41.7 Å². The Labute approximate surface area is 310 Å². The summed E-state index contributed by atoms with van der Waals surface area (Å²) in [6.07, 6.45) is -0.0968. The molecule has 0 amide bonds. The van der Waals surface area contributed by atoms with Crippen LogP contribution in [0, 0.1) is 11.8 Å². The van der Waals surface area contributed by atoms with E-state index in [4.69, 9.17) is 28.4 Å². The molecule has 2 heterocycles. The molecule has 14 nitrogen and oxygen atoms in total. The molecule has 286 valence electrons. The van der Waals surface area contributed by atoms with Gasteiger partial charge in [-0.25, -0.2) is 9.59 Å². The number of rotatable bonds is 13. The maximum absolute atomic E-state index is 13.1. The van der Waals surface area contributed by atoms with Gasteiger partial charge in [-0.05, 0) is 83.6 Å². The van der Waals surface area contributed by atoms with Crippen molar-refractivity contribution in [3.05, 3.63) is 82.9 Å². The molecule has 2 fully saturated rings. The molecule has 2 aliphatic heterocycles. The summed E-state index contributed by atoms with van der Waals surface area (Å²) in [6, 6.07) is 15.3. The van der Waals surface area contributed by atoms with Gasteiger partial charge in [0.1, 0.15) is 0 Å². The van der Waals surface area contributed by atoms with Crippen LogP contribution >= 0.6 is 0 Å². The number of hydrogen-bond acceptors (Lipinski definition) is 14. The molecule has 6 rings (SSSR count). The lowest BCUT2D eigenvalue weighted by Crippen LogP contribution is -2.44. The normalized spacial score (nSPS) is 22.1. The van der Waals surface area contributed by atoms with Crippen LogP contribution in [0.5, 0.6) is 46.0 Å². The fourth-order valence-electron chi connectivity index (χ4n) is 7.24. The topological polar surface area (TPSA) is 211 Å². The van der Waals surface area contributed by atoms with E-state index in [1.807, 2.05) is 0 Å². The first-order valence-corrected chi connectivity index (χ1v) is 17.1. The van der Waals surface area contributed by atoms with Crippen LogP contribution in [0.4, 0.5) is 0 Å². The van der Waals surface area contributed by atoms with Crippen molar-refractivity contribution in [2.45, 2.75) is 36.9 Å². The lowest BCUT2D eigenvalue weighted by molar-refractivity contribution is -0.154. The number of methoxy groups -OCH3 is 4. The molecule has 4 unspecified atom stereocenters. The summed E-state index contributed by atoms with van der Waals surface area (Å²) in [4.78, 5) is 26.1. The number of esters is 2. The van der Waals surface area contributed by atoms with Gasteiger partial charge in [0.25, 0.3) is 0 Å². The average molecular weight is 747 g/mol. The number of carbonyl (C=O) groups excluding carboxylic acids is 2. The lowest BCUT2D eigenvalue weighted by atomic mass is 9.79. The molecule has 14 heteroatoms. The smallest absolute Gasteiger partial charge is 0.338 e. The van der Waals surface area contributed by atoms with E-state index in [2.05, 4.69) is 0 Å². The molecule has 0 radical (unpaired) electrons. The summed E-state index contributed by atoms with van der Waals surface area (Å²) in [5, 5.41) is 66.4. The molecule has 4 aromatic carbocycles. The highest BCUT2D eigenvalue weighted by Crippen LogP contribution is 2.47. The minimum absolute atomic E-state index is 0.00505. The van der Waals surface area contributed by atoms with Crippen molar-refractivity contribution in [2.24, 2.45) is 11.8 Å². The molecular weight excluding hydrogens is 704 g/mol. The number of phenols is 4. The van der Waals surface area contributed by atoms with E-state index in [1.54, 1.807) is 30.3 Å². The van der Waals surface area contributed by atoms with Crippen molar-refractivity contribution < 1.29 is 68.6 Å². The third-order valence-electron chi connectivity index (χ3n) is 10.3. The summed E-state index contributed by atoms with van der Waals surface area (Å²) in [7, 11) is 5.48. The number of phenolic OH excluding ortho intramolecular Hbond substituents is 4. The number of ether oxygens (including phenoxy) is 6. The first-order chi connectivity index (χ1) is 25.7. The standard InChI is InChI=1S/C40H42O14/c1-49-31-13-21(5-7-29(31)41)9-25-19-53-38(46)40(25,48)18-24-12-28(36(44)34(16-24)52-4)27-11-23(15-33(51-3)35(27)43)10-26-20-54-37(45)39(26,47)17-22-6-8-30(42)32(14-22)50-2/h5-8,11-16,25-26,41-44,47-48H,9-10,17-20H2,1-4H3. The molecule has 6 N–H and O–H groups in total. The average Bonchev–Trinajstić information content (AvgIpc) is 3.58. The number of aromatic hydroxyl groups is 4. The summed E-state index contributed by atoms with van der Waals surface area (Å²) < 4.78 is 32.0. The summed E-state index contributed by atoms with van der Waals surface area (Å²) in [5.41, 5.74) is -1.67. The molecule has 0 aromatic heterocycles. The molecule has 0 aliphatic carbocycles. The maximum Gasteiger partial charge on any atom is 0.338 e. The van der Waals surface area contributed by atoms with Gasteiger partial charge in [-0.15, -0.1) is 0 Å². The molecule has 4 atom stereocenters. The second-order valence-corrected chi connectivity index (χ2v) is 13.6. The van der Waals surface area contributed by atoms with Crippen LogP contribution in [0.25, 0.3) is 11.1 Å². The van der Waals surface area contributed by atoms with Crippen LogP contribution in [0.15, 0.2) is 60.7 Å². The lowest BCUT2D eigenvalue weighted by Gasteiger charge is -2.27. The Bertz CT molecular complexity index is 2080. The van der Waals surface area contributed by atoms with E-state index in [1.165, 1.54) is 58.8 Å². The van der Waals surface area contributed by atoms with Crippen molar-refractivity contribution in [1.82, 2.24) is 0 Å². The van der Waals surface area contributed by atoms with E-state index < -0.39 is 35.0 Å². The Morgan fingerprint density at radius 1 is 0.556 bits per heavy atom. The first-order valence-electron chi connectivity index (χ1n) is 17.1. The molecule has 0 saturated carbocycles. The minimum Gasteiger partial charge on any atom is -0.504 e. The van der Waals surface area contributed by atoms with Crippen LogP contribution in [0.2, 0.25) is 0 Å². The molecule has 4 aromatic rings. The quantitative estimate of drug-likeness (QED) is 0.108. The number of hydrogen-bond donors (Lipinski definition) is 6. The van der Waals surface area contributed by atoms with E-state index in [9.17, 15) is 40.2 Å². The van der Waals surface area contributed by atoms with Crippen LogP contribution < -0.4 is 18.9 Å². The van der Waals surface area contributed by atoms with Gasteiger partial charge >= 0.3 is 11.9 Å². The van der Waals surface area contributed by atoms with E-state index in [0.29, 0.717) is 22.3 Å². The van der Waals surface area contributed by atoms with Crippen molar-refractivity contribution in [1.29, 1.82) is 0 Å². The highest BCUT2D eigenvalue weighted by Gasteiger charge is 2.52. The second kappa shape index (κ2) is 14.9. The maximum atomic E-state index is 13.1.